The first-order valence-corrected chi connectivity index (χ1v) is 6.99. The first-order valence-electron chi connectivity index (χ1n) is 4.56. The minimum absolute atomic E-state index is 0.0691. The first kappa shape index (κ1) is 11.3. The molecule has 0 saturated heterocycles. The molecule has 0 aliphatic heterocycles. The molecular formula is C10H11BrN2S2. The van der Waals surface area contributed by atoms with Gasteiger partial charge in [0.2, 0.25) is 0 Å². The second-order valence-electron chi connectivity index (χ2n) is 3.36. The topological polar surface area (TPSA) is 38.9 Å². The van der Waals surface area contributed by atoms with E-state index in [1.807, 2.05) is 19.9 Å². The molecule has 1 unspecified atom stereocenters. The van der Waals surface area contributed by atoms with Crippen molar-refractivity contribution in [3.05, 3.63) is 26.5 Å². The Hall–Kier alpha value is -0.230. The highest BCUT2D eigenvalue weighted by atomic mass is 79.9. The summed E-state index contributed by atoms with van der Waals surface area (Å²) in [5.74, 6) is 0. The summed E-state index contributed by atoms with van der Waals surface area (Å²) < 4.78 is 1.13. The van der Waals surface area contributed by atoms with E-state index in [4.69, 9.17) is 5.73 Å². The number of hydrogen-bond acceptors (Lipinski definition) is 4. The Morgan fingerprint density at radius 2 is 2.13 bits per heavy atom. The predicted molar refractivity (Wildman–Crippen MR) is 70.5 cm³/mol. The molecule has 15 heavy (non-hydrogen) atoms. The van der Waals surface area contributed by atoms with Crippen LogP contribution in [0.5, 0.6) is 0 Å². The van der Waals surface area contributed by atoms with E-state index in [-0.39, 0.29) is 6.04 Å². The quantitative estimate of drug-likeness (QED) is 0.912. The molecule has 5 heteroatoms. The smallest absolute Gasteiger partial charge is 0.133 e. The highest BCUT2D eigenvalue weighted by molar-refractivity contribution is 9.11. The van der Waals surface area contributed by atoms with Crippen LogP contribution in [-0.4, -0.2) is 4.98 Å². The predicted octanol–water partition coefficient (Wildman–Crippen LogP) is 3.96. The van der Waals surface area contributed by atoms with Crippen molar-refractivity contribution in [2.24, 2.45) is 5.73 Å². The fraction of sp³-hybridized carbons (Fsp3) is 0.300. The number of hydrogen-bond donors (Lipinski definition) is 1. The van der Waals surface area contributed by atoms with Crippen molar-refractivity contribution in [3.63, 3.8) is 0 Å². The standard InChI is InChI=1S/C10H11BrN2S2/c1-5(12)9-6(2)13-10(15-9)7-3-4-8(11)14-7/h3-5H,12H2,1-2H3. The van der Waals surface area contributed by atoms with Gasteiger partial charge >= 0.3 is 0 Å². The van der Waals surface area contributed by atoms with Gasteiger partial charge in [0.05, 0.1) is 14.4 Å². The Kier molecular flexibility index (Phi) is 3.25. The Morgan fingerprint density at radius 1 is 1.40 bits per heavy atom. The summed E-state index contributed by atoms with van der Waals surface area (Å²) in [5.41, 5.74) is 6.93. The average Bonchev–Trinajstić information content (AvgIpc) is 2.71. The van der Waals surface area contributed by atoms with Crippen LogP contribution >= 0.6 is 38.6 Å². The van der Waals surface area contributed by atoms with Gasteiger partial charge in [-0.2, -0.15) is 0 Å². The van der Waals surface area contributed by atoms with Crippen LogP contribution in [0.3, 0.4) is 0 Å². The van der Waals surface area contributed by atoms with Crippen LogP contribution in [0.15, 0.2) is 15.9 Å². The molecule has 0 spiro atoms. The lowest BCUT2D eigenvalue weighted by molar-refractivity contribution is 0.825. The largest absolute Gasteiger partial charge is 0.323 e. The summed E-state index contributed by atoms with van der Waals surface area (Å²) in [5, 5.41) is 1.07. The molecular weight excluding hydrogens is 292 g/mol. The van der Waals surface area contributed by atoms with Crippen molar-refractivity contribution < 1.29 is 0 Å². The van der Waals surface area contributed by atoms with Gasteiger partial charge in [-0.1, -0.05) is 0 Å². The van der Waals surface area contributed by atoms with Crippen molar-refractivity contribution in [1.82, 2.24) is 4.98 Å². The van der Waals surface area contributed by atoms with Crippen LogP contribution in [0.1, 0.15) is 23.5 Å². The van der Waals surface area contributed by atoms with Crippen LogP contribution in [-0.2, 0) is 0 Å². The summed E-state index contributed by atoms with van der Waals surface area (Å²) in [6.07, 6.45) is 0. The molecule has 0 aromatic carbocycles. The number of halogens is 1. The third-order valence-corrected chi connectivity index (χ3v) is 5.18. The molecule has 0 fully saturated rings. The fourth-order valence-corrected chi connectivity index (χ4v) is 3.82. The second-order valence-corrected chi connectivity index (χ2v) is 6.85. The van der Waals surface area contributed by atoms with Crippen LogP contribution in [0.4, 0.5) is 0 Å². The molecule has 0 radical (unpaired) electrons. The van der Waals surface area contributed by atoms with Crippen LogP contribution in [0, 0.1) is 6.92 Å². The maximum atomic E-state index is 5.88. The third-order valence-electron chi connectivity index (χ3n) is 2.03. The van der Waals surface area contributed by atoms with E-state index in [2.05, 4.69) is 27.0 Å². The molecule has 1 atom stereocenters. The molecule has 0 saturated carbocycles. The summed E-state index contributed by atoms with van der Waals surface area (Å²) in [6.45, 7) is 4.01. The lowest BCUT2D eigenvalue weighted by atomic mass is 10.2. The number of thiazole rings is 1. The van der Waals surface area contributed by atoms with Gasteiger partial charge in [-0.25, -0.2) is 4.98 Å². The molecule has 0 bridgehead atoms. The Bertz CT molecular complexity index is 473. The normalized spacial score (nSPS) is 13.1. The number of thiophene rings is 1. The molecule has 80 valence electrons. The van der Waals surface area contributed by atoms with Gasteiger partial charge in [0, 0.05) is 10.9 Å². The van der Waals surface area contributed by atoms with E-state index < -0.39 is 0 Å². The van der Waals surface area contributed by atoms with Crippen LogP contribution < -0.4 is 5.73 Å². The molecule has 0 aliphatic carbocycles. The second kappa shape index (κ2) is 4.33. The zero-order valence-corrected chi connectivity index (χ0v) is 11.7. The summed E-state index contributed by atoms with van der Waals surface area (Å²) in [7, 11) is 0. The van der Waals surface area contributed by atoms with Gasteiger partial charge in [-0.05, 0) is 41.9 Å². The number of aromatic nitrogens is 1. The van der Waals surface area contributed by atoms with Gasteiger partial charge in [-0.3, -0.25) is 0 Å². The van der Waals surface area contributed by atoms with Crippen molar-refractivity contribution in [2.45, 2.75) is 19.9 Å². The number of rotatable bonds is 2. The van der Waals surface area contributed by atoms with Crippen molar-refractivity contribution >= 4 is 38.6 Å². The summed E-state index contributed by atoms with van der Waals surface area (Å²) in [6, 6.07) is 4.19. The van der Waals surface area contributed by atoms with Crippen LogP contribution in [0.25, 0.3) is 9.88 Å². The fourth-order valence-electron chi connectivity index (χ4n) is 1.37. The van der Waals surface area contributed by atoms with E-state index in [9.17, 15) is 0 Å². The van der Waals surface area contributed by atoms with Gasteiger partial charge in [-0.15, -0.1) is 22.7 Å². The number of nitrogens with zero attached hydrogens (tertiary/aromatic N) is 1. The van der Waals surface area contributed by atoms with Gasteiger partial charge in [0.15, 0.2) is 0 Å². The zero-order valence-electron chi connectivity index (χ0n) is 8.45. The lowest BCUT2D eigenvalue weighted by Gasteiger charge is -1.99. The third kappa shape index (κ3) is 2.30. The molecule has 0 amide bonds. The molecule has 0 aliphatic rings. The highest BCUT2D eigenvalue weighted by Gasteiger charge is 2.13. The molecule has 2 nitrogen and oxygen atoms in total. The van der Waals surface area contributed by atoms with Crippen molar-refractivity contribution in [1.29, 1.82) is 0 Å². The van der Waals surface area contributed by atoms with Crippen molar-refractivity contribution in [2.75, 3.05) is 0 Å². The van der Waals surface area contributed by atoms with Gasteiger partial charge in [0.1, 0.15) is 5.01 Å². The zero-order chi connectivity index (χ0) is 11.0. The number of aryl methyl sites for hydroxylation is 1. The van der Waals surface area contributed by atoms with Gasteiger partial charge in [0.25, 0.3) is 0 Å². The van der Waals surface area contributed by atoms with Gasteiger partial charge < -0.3 is 5.73 Å². The highest BCUT2D eigenvalue weighted by Crippen LogP contribution is 2.36. The monoisotopic (exact) mass is 302 g/mol. The number of nitrogens with two attached hydrogens (primary N) is 1. The summed E-state index contributed by atoms with van der Waals surface area (Å²) >= 11 is 6.84. The van der Waals surface area contributed by atoms with Crippen molar-refractivity contribution in [3.8, 4) is 9.88 Å². The Morgan fingerprint density at radius 3 is 2.60 bits per heavy atom. The van der Waals surface area contributed by atoms with E-state index in [0.29, 0.717) is 0 Å². The SMILES string of the molecule is Cc1nc(-c2ccc(Br)s2)sc1C(C)N. The van der Waals surface area contributed by atoms with Crippen LogP contribution in [0.2, 0.25) is 0 Å². The summed E-state index contributed by atoms with van der Waals surface area (Å²) in [4.78, 5) is 6.92. The van der Waals surface area contributed by atoms with E-state index >= 15 is 0 Å². The minimum atomic E-state index is 0.0691. The van der Waals surface area contributed by atoms with E-state index in [1.165, 1.54) is 9.75 Å². The minimum Gasteiger partial charge on any atom is -0.323 e. The lowest BCUT2D eigenvalue weighted by Crippen LogP contribution is -2.03. The average molecular weight is 303 g/mol. The molecule has 2 N–H and O–H groups in total. The Balaban J connectivity index is 2.42. The van der Waals surface area contributed by atoms with E-state index in [0.717, 1.165) is 14.5 Å². The maximum Gasteiger partial charge on any atom is 0.133 e. The molecule has 2 heterocycles. The first-order chi connectivity index (χ1) is 7.08. The van der Waals surface area contributed by atoms with E-state index in [1.54, 1.807) is 22.7 Å². The maximum absolute atomic E-state index is 5.88. The molecule has 2 aromatic heterocycles. The molecule has 2 rings (SSSR count). The molecule has 2 aromatic rings. The Labute approximate surface area is 105 Å².